The number of halogens is 1. The van der Waals surface area contributed by atoms with Crippen LogP contribution in [0.25, 0.3) is 0 Å². The van der Waals surface area contributed by atoms with Crippen molar-refractivity contribution in [3.63, 3.8) is 0 Å². The van der Waals surface area contributed by atoms with Crippen LogP contribution < -0.4 is 5.32 Å². The topological polar surface area (TPSA) is 86.6 Å². The van der Waals surface area contributed by atoms with E-state index in [-0.39, 0.29) is 24.2 Å². The Labute approximate surface area is 116 Å². The standard InChI is InChI=1S/C13H16ClNO4/c1-3-13(4-2,12(18)19)15-11(17)9-6-5-8(14)7-10(9)16/h5-7,16H,3-4H2,1-2H3,(H,15,17)(H,18,19). The molecule has 0 bridgehead atoms. The van der Waals surface area contributed by atoms with E-state index in [0.717, 1.165) is 0 Å². The van der Waals surface area contributed by atoms with Crippen LogP contribution in [0.4, 0.5) is 0 Å². The lowest BCUT2D eigenvalue weighted by atomic mass is 9.92. The minimum Gasteiger partial charge on any atom is -0.507 e. The van der Waals surface area contributed by atoms with Crippen molar-refractivity contribution in [1.29, 1.82) is 0 Å². The Kier molecular flexibility index (Phi) is 4.78. The Balaban J connectivity index is 3.04. The normalized spacial score (nSPS) is 11.1. The summed E-state index contributed by atoms with van der Waals surface area (Å²) in [6, 6.07) is 4.04. The van der Waals surface area contributed by atoms with Crippen molar-refractivity contribution in [2.45, 2.75) is 32.2 Å². The maximum Gasteiger partial charge on any atom is 0.329 e. The Morgan fingerprint density at radius 3 is 2.32 bits per heavy atom. The van der Waals surface area contributed by atoms with Gasteiger partial charge in [-0.1, -0.05) is 25.4 Å². The van der Waals surface area contributed by atoms with E-state index in [9.17, 15) is 19.8 Å². The van der Waals surface area contributed by atoms with Crippen molar-refractivity contribution in [3.8, 4) is 5.75 Å². The van der Waals surface area contributed by atoms with E-state index in [1.54, 1.807) is 13.8 Å². The lowest BCUT2D eigenvalue weighted by Crippen LogP contribution is -2.53. The van der Waals surface area contributed by atoms with Gasteiger partial charge in [-0.15, -0.1) is 0 Å². The molecule has 1 aromatic rings. The number of aliphatic carboxylic acids is 1. The first kappa shape index (κ1) is 15.3. The summed E-state index contributed by atoms with van der Waals surface area (Å²) in [4.78, 5) is 23.3. The van der Waals surface area contributed by atoms with Crippen molar-refractivity contribution in [1.82, 2.24) is 5.32 Å². The lowest BCUT2D eigenvalue weighted by Gasteiger charge is -2.28. The molecule has 1 amide bonds. The molecule has 1 rings (SSSR count). The minimum atomic E-state index is -1.33. The molecule has 19 heavy (non-hydrogen) atoms. The quantitative estimate of drug-likeness (QED) is 0.775. The molecule has 0 unspecified atom stereocenters. The summed E-state index contributed by atoms with van der Waals surface area (Å²) in [6.45, 7) is 3.36. The number of aromatic hydroxyl groups is 1. The molecule has 0 atom stereocenters. The molecule has 0 aromatic heterocycles. The molecule has 5 nitrogen and oxygen atoms in total. The van der Waals surface area contributed by atoms with Crippen LogP contribution in [0.5, 0.6) is 5.75 Å². The van der Waals surface area contributed by atoms with E-state index >= 15 is 0 Å². The molecule has 0 spiro atoms. The number of hydrogen-bond donors (Lipinski definition) is 3. The average Bonchev–Trinajstić information content (AvgIpc) is 2.35. The number of hydrogen-bond acceptors (Lipinski definition) is 3. The summed E-state index contributed by atoms with van der Waals surface area (Å²) in [5.41, 5.74) is -1.33. The van der Waals surface area contributed by atoms with E-state index in [2.05, 4.69) is 5.32 Å². The van der Waals surface area contributed by atoms with Crippen LogP contribution >= 0.6 is 11.6 Å². The van der Waals surface area contributed by atoms with E-state index in [4.69, 9.17) is 11.6 Å². The predicted molar refractivity (Wildman–Crippen MR) is 71.5 cm³/mol. The number of benzene rings is 1. The van der Waals surface area contributed by atoms with Crippen LogP contribution in [-0.4, -0.2) is 27.6 Å². The fourth-order valence-electron chi connectivity index (χ4n) is 1.76. The van der Waals surface area contributed by atoms with Gasteiger partial charge < -0.3 is 15.5 Å². The fourth-order valence-corrected chi connectivity index (χ4v) is 1.93. The van der Waals surface area contributed by atoms with Gasteiger partial charge in [-0.2, -0.15) is 0 Å². The van der Waals surface area contributed by atoms with Crippen molar-refractivity contribution in [2.75, 3.05) is 0 Å². The summed E-state index contributed by atoms with van der Waals surface area (Å²) in [6.07, 6.45) is 0.498. The first-order valence-electron chi connectivity index (χ1n) is 5.90. The second-order valence-electron chi connectivity index (χ2n) is 4.21. The van der Waals surface area contributed by atoms with Crippen molar-refractivity contribution in [3.05, 3.63) is 28.8 Å². The van der Waals surface area contributed by atoms with Crippen LogP contribution in [-0.2, 0) is 4.79 Å². The highest BCUT2D eigenvalue weighted by molar-refractivity contribution is 6.30. The third-order valence-corrected chi connectivity index (χ3v) is 3.41. The van der Waals surface area contributed by atoms with Crippen LogP contribution in [0.15, 0.2) is 18.2 Å². The van der Waals surface area contributed by atoms with Gasteiger partial charge in [0.15, 0.2) is 0 Å². The number of carboxylic acid groups (broad SMARTS) is 1. The molecule has 0 aliphatic heterocycles. The predicted octanol–water partition coefficient (Wildman–Crippen LogP) is 2.42. The van der Waals surface area contributed by atoms with Gasteiger partial charge in [-0.3, -0.25) is 4.79 Å². The summed E-state index contributed by atoms with van der Waals surface area (Å²) in [7, 11) is 0. The van der Waals surface area contributed by atoms with Crippen molar-refractivity contribution in [2.24, 2.45) is 0 Å². The van der Waals surface area contributed by atoms with E-state index in [1.807, 2.05) is 0 Å². The van der Waals surface area contributed by atoms with Gasteiger partial charge in [-0.05, 0) is 31.0 Å². The number of carbonyl (C=O) groups is 2. The second kappa shape index (κ2) is 5.93. The molecule has 3 N–H and O–H groups in total. The van der Waals surface area contributed by atoms with Crippen LogP contribution in [0, 0.1) is 0 Å². The smallest absolute Gasteiger partial charge is 0.329 e. The van der Waals surface area contributed by atoms with Gasteiger partial charge in [-0.25, -0.2) is 4.79 Å². The summed E-state index contributed by atoms with van der Waals surface area (Å²) in [5, 5.41) is 21.6. The number of carbonyl (C=O) groups excluding carboxylic acids is 1. The molecule has 0 fully saturated rings. The fraction of sp³-hybridized carbons (Fsp3) is 0.385. The summed E-state index contributed by atoms with van der Waals surface area (Å²) in [5.74, 6) is -2.02. The molecule has 104 valence electrons. The Hall–Kier alpha value is -1.75. The summed E-state index contributed by atoms with van der Waals surface area (Å²) >= 11 is 5.67. The van der Waals surface area contributed by atoms with Gasteiger partial charge in [0, 0.05) is 5.02 Å². The number of phenols is 1. The maximum atomic E-state index is 12.0. The lowest BCUT2D eigenvalue weighted by molar-refractivity contribution is -0.144. The molecule has 0 heterocycles. The van der Waals surface area contributed by atoms with E-state index < -0.39 is 17.4 Å². The first-order valence-corrected chi connectivity index (χ1v) is 6.28. The van der Waals surface area contributed by atoms with Gasteiger partial charge in [0.05, 0.1) is 5.56 Å². The monoisotopic (exact) mass is 285 g/mol. The van der Waals surface area contributed by atoms with Crippen molar-refractivity contribution < 1.29 is 19.8 Å². The first-order chi connectivity index (χ1) is 8.86. The Morgan fingerprint density at radius 2 is 1.89 bits per heavy atom. The third-order valence-electron chi connectivity index (χ3n) is 3.17. The Bertz CT molecular complexity index is 497. The summed E-state index contributed by atoms with van der Waals surface area (Å²) < 4.78 is 0. The number of carboxylic acids is 1. The van der Waals surface area contributed by atoms with Crippen LogP contribution in [0.2, 0.25) is 5.02 Å². The molecular weight excluding hydrogens is 270 g/mol. The van der Waals surface area contributed by atoms with Gasteiger partial charge >= 0.3 is 5.97 Å². The molecule has 6 heteroatoms. The highest BCUT2D eigenvalue weighted by Crippen LogP contribution is 2.23. The molecule has 1 aromatic carbocycles. The average molecular weight is 286 g/mol. The highest BCUT2D eigenvalue weighted by Gasteiger charge is 2.37. The molecule has 0 radical (unpaired) electrons. The molecule has 0 saturated heterocycles. The van der Waals surface area contributed by atoms with Crippen molar-refractivity contribution >= 4 is 23.5 Å². The number of phenolic OH excluding ortho intramolecular Hbond substituents is 1. The van der Waals surface area contributed by atoms with E-state index in [1.165, 1.54) is 18.2 Å². The molecular formula is C13H16ClNO4. The largest absolute Gasteiger partial charge is 0.507 e. The SMILES string of the molecule is CCC(CC)(NC(=O)c1ccc(Cl)cc1O)C(=O)O. The van der Waals surface area contributed by atoms with Crippen LogP contribution in [0.1, 0.15) is 37.0 Å². The number of nitrogens with one attached hydrogen (secondary N) is 1. The maximum absolute atomic E-state index is 12.0. The zero-order chi connectivity index (χ0) is 14.6. The molecule has 0 aliphatic carbocycles. The zero-order valence-electron chi connectivity index (χ0n) is 10.7. The van der Waals surface area contributed by atoms with Gasteiger partial charge in [0.25, 0.3) is 5.91 Å². The van der Waals surface area contributed by atoms with Gasteiger partial charge in [0.2, 0.25) is 0 Å². The second-order valence-corrected chi connectivity index (χ2v) is 4.65. The van der Waals surface area contributed by atoms with Gasteiger partial charge in [0.1, 0.15) is 11.3 Å². The minimum absolute atomic E-state index is 0.00285. The Morgan fingerprint density at radius 1 is 1.32 bits per heavy atom. The highest BCUT2D eigenvalue weighted by atomic mass is 35.5. The molecule has 0 aliphatic rings. The van der Waals surface area contributed by atoms with Crippen LogP contribution in [0.3, 0.4) is 0 Å². The third kappa shape index (κ3) is 3.17. The zero-order valence-corrected chi connectivity index (χ0v) is 11.5. The number of rotatable bonds is 5. The molecule has 0 saturated carbocycles. The van der Waals surface area contributed by atoms with E-state index in [0.29, 0.717) is 5.02 Å². The number of amides is 1.